The quantitative estimate of drug-likeness (QED) is 0.242. The first-order valence-corrected chi connectivity index (χ1v) is 4.81. The summed E-state index contributed by atoms with van der Waals surface area (Å²) in [6.07, 6.45) is 0. The highest BCUT2D eigenvalue weighted by atomic mass is 16.3. The summed E-state index contributed by atoms with van der Waals surface area (Å²) in [6, 6.07) is 4.37. The Morgan fingerprint density at radius 2 is 1.88 bits per heavy atom. The average Bonchev–Trinajstić information content (AvgIpc) is 2.24. The second-order valence-electron chi connectivity index (χ2n) is 3.54. The van der Waals surface area contributed by atoms with Crippen molar-refractivity contribution in [2.24, 2.45) is 0 Å². The van der Waals surface area contributed by atoms with Crippen LogP contribution in [0, 0.1) is 10.8 Å². The summed E-state index contributed by atoms with van der Waals surface area (Å²) in [5.41, 5.74) is 0.189. The third-order valence-corrected chi connectivity index (χ3v) is 1.97. The van der Waals surface area contributed by atoms with E-state index in [1.807, 2.05) is 0 Å². The predicted octanol–water partition coefficient (Wildman–Crippen LogP) is 0.530. The maximum Gasteiger partial charge on any atom is 0.199 e. The van der Waals surface area contributed by atoms with Crippen LogP contribution in [0.5, 0.6) is 11.5 Å². The summed E-state index contributed by atoms with van der Waals surface area (Å²) in [7, 11) is 3.32. The maximum atomic E-state index is 9.49. The van der Waals surface area contributed by atoms with E-state index in [1.54, 1.807) is 14.1 Å². The molecule has 0 unspecified atom stereocenters. The number of benzene rings is 1. The average molecular weight is 237 g/mol. The smallest absolute Gasteiger partial charge is 0.199 e. The topological polar surface area (TPSA) is 115 Å². The van der Waals surface area contributed by atoms with Gasteiger partial charge in [-0.05, 0) is 12.1 Å². The molecule has 0 bridgehead atoms. The van der Waals surface area contributed by atoms with E-state index in [2.05, 4.69) is 10.6 Å². The minimum atomic E-state index is -0.338. The van der Waals surface area contributed by atoms with E-state index < -0.39 is 0 Å². The van der Waals surface area contributed by atoms with Gasteiger partial charge in [-0.15, -0.1) is 0 Å². The molecule has 0 fully saturated rings. The Bertz CT molecular complexity index is 444. The fourth-order valence-corrected chi connectivity index (χ4v) is 1.03. The molecule has 17 heavy (non-hydrogen) atoms. The van der Waals surface area contributed by atoms with Crippen molar-refractivity contribution in [1.29, 1.82) is 10.8 Å². The van der Waals surface area contributed by atoms with Crippen molar-refractivity contribution in [2.45, 2.75) is 0 Å². The van der Waals surface area contributed by atoms with Crippen LogP contribution < -0.4 is 10.6 Å². The van der Waals surface area contributed by atoms with Gasteiger partial charge in [0.15, 0.2) is 23.4 Å². The normalized spacial score (nSPS) is 9.53. The number of guanidine groups is 2. The van der Waals surface area contributed by atoms with Crippen LogP contribution in [0.4, 0.5) is 5.69 Å². The summed E-state index contributed by atoms with van der Waals surface area (Å²) in [6.45, 7) is 0. The van der Waals surface area contributed by atoms with Crippen LogP contribution in [0.1, 0.15) is 0 Å². The van der Waals surface area contributed by atoms with E-state index >= 15 is 0 Å². The number of rotatable bonds is 1. The molecule has 0 heterocycles. The van der Waals surface area contributed by atoms with E-state index in [1.165, 1.54) is 23.1 Å². The van der Waals surface area contributed by atoms with E-state index in [4.69, 9.17) is 10.8 Å². The van der Waals surface area contributed by atoms with Gasteiger partial charge >= 0.3 is 0 Å². The number of hydrogen-bond donors (Lipinski definition) is 6. The van der Waals surface area contributed by atoms with Crippen molar-refractivity contribution in [2.75, 3.05) is 19.4 Å². The van der Waals surface area contributed by atoms with Gasteiger partial charge in [0, 0.05) is 14.1 Å². The van der Waals surface area contributed by atoms with Crippen molar-refractivity contribution >= 4 is 17.6 Å². The van der Waals surface area contributed by atoms with E-state index in [-0.39, 0.29) is 29.1 Å². The van der Waals surface area contributed by atoms with Crippen LogP contribution >= 0.6 is 0 Å². The van der Waals surface area contributed by atoms with Gasteiger partial charge in [-0.25, -0.2) is 0 Å². The molecule has 0 aliphatic heterocycles. The Balaban J connectivity index is 2.69. The van der Waals surface area contributed by atoms with Gasteiger partial charge in [-0.2, -0.15) is 0 Å². The summed E-state index contributed by atoms with van der Waals surface area (Å²) in [5.74, 6) is -0.757. The minimum Gasteiger partial charge on any atom is -0.504 e. The number of hydrogen-bond acceptors (Lipinski definition) is 4. The molecule has 92 valence electrons. The highest BCUT2D eigenvalue weighted by molar-refractivity contribution is 6.03. The highest BCUT2D eigenvalue weighted by Gasteiger charge is 2.08. The van der Waals surface area contributed by atoms with Gasteiger partial charge in [-0.3, -0.25) is 16.1 Å². The van der Waals surface area contributed by atoms with Gasteiger partial charge in [0.1, 0.15) is 0 Å². The summed E-state index contributed by atoms with van der Waals surface area (Å²) < 4.78 is 0. The van der Waals surface area contributed by atoms with Crippen molar-refractivity contribution in [3.63, 3.8) is 0 Å². The molecule has 0 saturated heterocycles. The van der Waals surface area contributed by atoms with E-state index in [0.29, 0.717) is 0 Å². The molecular weight excluding hydrogens is 222 g/mol. The standard InChI is InChI=1S/C10H15N5O2/c1-15(2)10(12)14-9(11)13-6-4-3-5-7(16)8(6)17/h3-5,16-17H,1-2H3,(H4,11,12,13,14). The summed E-state index contributed by atoms with van der Waals surface area (Å²) >= 11 is 0. The number of anilines is 1. The van der Waals surface area contributed by atoms with Gasteiger partial charge in [0.2, 0.25) is 0 Å². The van der Waals surface area contributed by atoms with Crippen molar-refractivity contribution < 1.29 is 10.2 Å². The lowest BCUT2D eigenvalue weighted by Gasteiger charge is -2.17. The molecule has 0 aliphatic rings. The predicted molar refractivity (Wildman–Crippen MR) is 65.7 cm³/mol. The molecule has 7 heteroatoms. The fraction of sp³-hybridized carbons (Fsp3) is 0.200. The van der Waals surface area contributed by atoms with Crippen LogP contribution in [-0.2, 0) is 0 Å². The van der Waals surface area contributed by atoms with Crippen LogP contribution in [0.25, 0.3) is 0 Å². The number of phenolic OH excluding ortho intramolecular Hbond substituents is 2. The third-order valence-electron chi connectivity index (χ3n) is 1.97. The minimum absolute atomic E-state index is 0.0298. The number of nitrogens with one attached hydrogen (secondary N) is 4. The molecule has 0 atom stereocenters. The Hall–Kier alpha value is -2.44. The van der Waals surface area contributed by atoms with Crippen LogP contribution in [-0.4, -0.2) is 41.1 Å². The van der Waals surface area contributed by atoms with Gasteiger partial charge < -0.3 is 20.4 Å². The third kappa shape index (κ3) is 3.26. The first-order valence-electron chi connectivity index (χ1n) is 4.81. The molecule has 0 radical (unpaired) electrons. The number of nitrogens with zero attached hydrogens (tertiary/aromatic N) is 1. The highest BCUT2D eigenvalue weighted by Crippen LogP contribution is 2.32. The second kappa shape index (κ2) is 5.06. The molecule has 1 rings (SSSR count). The molecule has 0 spiro atoms. The molecule has 6 N–H and O–H groups in total. The molecular formula is C10H15N5O2. The molecule has 0 amide bonds. The van der Waals surface area contributed by atoms with Crippen LogP contribution in [0.15, 0.2) is 18.2 Å². The Kier molecular flexibility index (Phi) is 3.76. The summed E-state index contributed by atoms with van der Waals surface area (Å²) in [4.78, 5) is 1.48. The van der Waals surface area contributed by atoms with Crippen molar-refractivity contribution in [3.8, 4) is 11.5 Å². The fourth-order valence-electron chi connectivity index (χ4n) is 1.03. The Labute approximate surface area is 98.7 Å². The molecule has 0 aromatic heterocycles. The van der Waals surface area contributed by atoms with E-state index in [0.717, 1.165) is 0 Å². The van der Waals surface area contributed by atoms with Gasteiger partial charge in [-0.1, -0.05) is 6.07 Å². The van der Waals surface area contributed by atoms with Crippen molar-refractivity contribution in [3.05, 3.63) is 18.2 Å². The lowest BCUT2D eigenvalue weighted by Crippen LogP contribution is -2.42. The van der Waals surface area contributed by atoms with Gasteiger partial charge in [0.25, 0.3) is 0 Å². The Morgan fingerprint density at radius 1 is 1.24 bits per heavy atom. The van der Waals surface area contributed by atoms with Crippen LogP contribution in [0.2, 0.25) is 0 Å². The van der Waals surface area contributed by atoms with Crippen LogP contribution in [0.3, 0.4) is 0 Å². The molecule has 0 saturated carbocycles. The molecule has 0 aliphatic carbocycles. The lowest BCUT2D eigenvalue weighted by molar-refractivity contribution is 0.405. The Morgan fingerprint density at radius 3 is 2.47 bits per heavy atom. The summed E-state index contributed by atoms with van der Waals surface area (Å²) in [5, 5.41) is 38.7. The SMILES string of the molecule is CN(C)C(=N)NC(=N)Nc1cccc(O)c1O. The molecule has 1 aromatic rings. The first kappa shape index (κ1) is 12.6. The zero-order valence-electron chi connectivity index (χ0n) is 9.57. The number of phenols is 2. The van der Waals surface area contributed by atoms with E-state index in [9.17, 15) is 10.2 Å². The zero-order valence-corrected chi connectivity index (χ0v) is 9.57. The lowest BCUT2D eigenvalue weighted by atomic mass is 10.2. The van der Waals surface area contributed by atoms with Crippen molar-refractivity contribution in [1.82, 2.24) is 10.2 Å². The monoisotopic (exact) mass is 237 g/mol. The number of aromatic hydroxyl groups is 2. The molecule has 7 nitrogen and oxygen atoms in total. The van der Waals surface area contributed by atoms with Gasteiger partial charge in [0.05, 0.1) is 5.69 Å². The number of para-hydroxylation sites is 1. The first-order chi connectivity index (χ1) is 7.91. The zero-order chi connectivity index (χ0) is 13.0. The largest absolute Gasteiger partial charge is 0.504 e. The maximum absolute atomic E-state index is 9.49. The second-order valence-corrected chi connectivity index (χ2v) is 3.54. The molecule has 1 aromatic carbocycles.